The number of rotatable bonds is 8. The second-order valence-corrected chi connectivity index (χ2v) is 8.05. The van der Waals surface area contributed by atoms with Crippen molar-refractivity contribution < 1.29 is 19.1 Å². The molecule has 0 spiro atoms. The van der Waals surface area contributed by atoms with Crippen LogP contribution in [0.5, 0.6) is 5.75 Å². The molecular weight excluding hydrogens is 472 g/mol. The second kappa shape index (κ2) is 9.90. The number of halogens is 1. The molecule has 0 aliphatic heterocycles. The van der Waals surface area contributed by atoms with E-state index in [1.807, 2.05) is 0 Å². The molecule has 0 bridgehead atoms. The van der Waals surface area contributed by atoms with E-state index in [1.54, 1.807) is 49.6 Å². The number of ketones is 1. The van der Waals surface area contributed by atoms with Gasteiger partial charge in [0.1, 0.15) is 5.75 Å². The van der Waals surface area contributed by atoms with Gasteiger partial charge in [-0.05, 0) is 46.3 Å². The van der Waals surface area contributed by atoms with Gasteiger partial charge in [0.05, 0.1) is 41.8 Å². The van der Waals surface area contributed by atoms with E-state index in [1.165, 1.54) is 11.7 Å². The van der Waals surface area contributed by atoms with Gasteiger partial charge in [-0.15, -0.1) is 0 Å². The number of carbonyl (C=O) groups excluding carboxylic acids is 2. The summed E-state index contributed by atoms with van der Waals surface area (Å²) in [6.45, 7) is 0.119. The Hall–Kier alpha value is -2.65. The van der Waals surface area contributed by atoms with Crippen molar-refractivity contribution in [3.05, 3.63) is 62.9 Å². The SMILES string of the molecule is COC(=O)CCn1c(SCC(=O)c2ccc(OC)c(Br)c2)nc2ccccc2c1=O. The summed E-state index contributed by atoms with van der Waals surface area (Å²) in [5, 5.41) is 0.834. The predicted molar refractivity (Wildman–Crippen MR) is 118 cm³/mol. The summed E-state index contributed by atoms with van der Waals surface area (Å²) >= 11 is 4.53. The molecule has 0 atom stereocenters. The van der Waals surface area contributed by atoms with Crippen molar-refractivity contribution in [2.75, 3.05) is 20.0 Å². The van der Waals surface area contributed by atoms with E-state index in [2.05, 4.69) is 25.7 Å². The highest BCUT2D eigenvalue weighted by atomic mass is 79.9. The Kier molecular flexibility index (Phi) is 7.28. The Bertz CT molecular complexity index is 1160. The third-order valence-electron chi connectivity index (χ3n) is 4.40. The lowest BCUT2D eigenvalue weighted by Gasteiger charge is -2.12. The molecule has 30 heavy (non-hydrogen) atoms. The number of para-hydroxylation sites is 1. The number of ether oxygens (including phenoxy) is 2. The summed E-state index contributed by atoms with van der Waals surface area (Å²) in [7, 11) is 2.85. The molecule has 1 heterocycles. The standard InChI is InChI=1S/C21H19BrN2O5S/c1-28-18-8-7-13(11-15(18)22)17(25)12-30-21-23-16-6-4-3-5-14(16)20(27)24(21)10-9-19(26)29-2/h3-8,11H,9-10,12H2,1-2H3. The summed E-state index contributed by atoms with van der Waals surface area (Å²) < 4.78 is 12.0. The quantitative estimate of drug-likeness (QED) is 0.206. The molecule has 0 aliphatic carbocycles. The third-order valence-corrected chi connectivity index (χ3v) is 6.00. The molecule has 0 radical (unpaired) electrons. The van der Waals surface area contributed by atoms with Gasteiger partial charge >= 0.3 is 5.97 Å². The Balaban J connectivity index is 1.88. The number of methoxy groups -OCH3 is 2. The van der Waals surface area contributed by atoms with Crippen molar-refractivity contribution in [1.29, 1.82) is 0 Å². The van der Waals surface area contributed by atoms with Crippen LogP contribution in [0.2, 0.25) is 0 Å². The Morgan fingerprint density at radius 3 is 2.63 bits per heavy atom. The lowest BCUT2D eigenvalue weighted by molar-refractivity contribution is -0.140. The van der Waals surface area contributed by atoms with Crippen LogP contribution in [0.25, 0.3) is 10.9 Å². The number of Topliss-reactive ketones (excluding diaryl/α,β-unsaturated/α-hetero) is 1. The van der Waals surface area contributed by atoms with Gasteiger partial charge in [0.15, 0.2) is 10.9 Å². The van der Waals surface area contributed by atoms with E-state index in [0.29, 0.717) is 31.8 Å². The average molecular weight is 491 g/mol. The minimum absolute atomic E-state index is 0.0311. The minimum Gasteiger partial charge on any atom is -0.496 e. The summed E-state index contributed by atoms with van der Waals surface area (Å²) in [6, 6.07) is 12.1. The van der Waals surface area contributed by atoms with Gasteiger partial charge in [0, 0.05) is 12.1 Å². The van der Waals surface area contributed by atoms with Crippen LogP contribution in [0, 0.1) is 0 Å². The monoisotopic (exact) mass is 490 g/mol. The number of thioether (sulfide) groups is 1. The first-order chi connectivity index (χ1) is 14.4. The van der Waals surface area contributed by atoms with Gasteiger partial charge in [-0.25, -0.2) is 4.98 Å². The van der Waals surface area contributed by atoms with E-state index in [4.69, 9.17) is 4.74 Å². The van der Waals surface area contributed by atoms with Crippen molar-refractivity contribution in [3.8, 4) is 5.75 Å². The molecule has 3 aromatic rings. The van der Waals surface area contributed by atoms with Gasteiger partial charge in [0.25, 0.3) is 5.56 Å². The van der Waals surface area contributed by atoms with E-state index in [-0.39, 0.29) is 30.1 Å². The van der Waals surface area contributed by atoms with Crippen molar-refractivity contribution in [2.24, 2.45) is 0 Å². The first kappa shape index (κ1) is 22.0. The molecule has 0 fully saturated rings. The highest BCUT2D eigenvalue weighted by molar-refractivity contribution is 9.10. The number of hydrogen-bond acceptors (Lipinski definition) is 7. The molecule has 3 rings (SSSR count). The molecule has 9 heteroatoms. The van der Waals surface area contributed by atoms with Gasteiger partial charge in [0.2, 0.25) is 0 Å². The number of nitrogens with zero attached hydrogens (tertiary/aromatic N) is 2. The van der Waals surface area contributed by atoms with E-state index >= 15 is 0 Å². The summed E-state index contributed by atoms with van der Waals surface area (Å²) in [6.07, 6.45) is 0.0311. The predicted octanol–water partition coefficient (Wildman–Crippen LogP) is 3.71. The van der Waals surface area contributed by atoms with E-state index in [9.17, 15) is 14.4 Å². The number of benzene rings is 2. The van der Waals surface area contributed by atoms with Gasteiger partial charge in [-0.2, -0.15) is 0 Å². The number of esters is 1. The molecule has 0 N–H and O–H groups in total. The highest BCUT2D eigenvalue weighted by Gasteiger charge is 2.16. The molecule has 7 nitrogen and oxygen atoms in total. The highest BCUT2D eigenvalue weighted by Crippen LogP contribution is 2.27. The van der Waals surface area contributed by atoms with Crippen LogP contribution in [0.1, 0.15) is 16.8 Å². The number of aromatic nitrogens is 2. The van der Waals surface area contributed by atoms with Crippen LogP contribution in [0.4, 0.5) is 0 Å². The summed E-state index contributed by atoms with van der Waals surface area (Å²) in [5.74, 6) is 0.171. The van der Waals surface area contributed by atoms with Gasteiger partial charge in [-0.3, -0.25) is 19.0 Å². The van der Waals surface area contributed by atoms with Crippen LogP contribution in [0.3, 0.4) is 0 Å². The maximum atomic E-state index is 12.9. The van der Waals surface area contributed by atoms with E-state index < -0.39 is 5.97 Å². The largest absolute Gasteiger partial charge is 0.496 e. The third kappa shape index (κ3) is 4.91. The Morgan fingerprint density at radius 2 is 1.93 bits per heavy atom. The molecule has 0 saturated carbocycles. The number of hydrogen-bond donors (Lipinski definition) is 0. The first-order valence-electron chi connectivity index (χ1n) is 9.00. The molecule has 1 aromatic heterocycles. The molecule has 156 valence electrons. The maximum Gasteiger partial charge on any atom is 0.307 e. The molecular formula is C21H19BrN2O5S. The lowest BCUT2D eigenvalue weighted by Crippen LogP contribution is -2.25. The number of carbonyl (C=O) groups is 2. The fourth-order valence-corrected chi connectivity index (χ4v) is 4.27. The average Bonchev–Trinajstić information content (AvgIpc) is 2.76. The van der Waals surface area contributed by atoms with Crippen LogP contribution < -0.4 is 10.3 Å². The minimum atomic E-state index is -0.426. The lowest BCUT2D eigenvalue weighted by atomic mass is 10.1. The summed E-state index contributed by atoms with van der Waals surface area (Å²) in [5.41, 5.74) is 0.796. The Labute approximate surface area is 185 Å². The van der Waals surface area contributed by atoms with Crippen molar-refractivity contribution in [2.45, 2.75) is 18.1 Å². The molecule has 0 unspecified atom stereocenters. The van der Waals surface area contributed by atoms with Crippen molar-refractivity contribution in [1.82, 2.24) is 9.55 Å². The zero-order valence-electron chi connectivity index (χ0n) is 16.4. The van der Waals surface area contributed by atoms with Crippen molar-refractivity contribution >= 4 is 50.3 Å². The topological polar surface area (TPSA) is 87.5 Å². The molecule has 0 aliphatic rings. The molecule has 0 amide bonds. The fraction of sp³-hybridized carbons (Fsp3) is 0.238. The van der Waals surface area contributed by atoms with Gasteiger partial charge < -0.3 is 9.47 Å². The van der Waals surface area contributed by atoms with Crippen LogP contribution >= 0.6 is 27.7 Å². The molecule has 0 saturated heterocycles. The van der Waals surface area contributed by atoms with Gasteiger partial charge in [-0.1, -0.05) is 23.9 Å². The smallest absolute Gasteiger partial charge is 0.307 e. The summed E-state index contributed by atoms with van der Waals surface area (Å²) in [4.78, 5) is 41.7. The molecule has 2 aromatic carbocycles. The zero-order valence-corrected chi connectivity index (χ0v) is 18.8. The zero-order chi connectivity index (χ0) is 21.7. The number of fused-ring (bicyclic) bond motifs is 1. The normalized spacial score (nSPS) is 10.8. The van der Waals surface area contributed by atoms with Crippen molar-refractivity contribution in [3.63, 3.8) is 0 Å². The van der Waals surface area contributed by atoms with Crippen LogP contribution in [-0.4, -0.2) is 41.3 Å². The van der Waals surface area contributed by atoms with E-state index in [0.717, 1.165) is 11.8 Å². The first-order valence-corrected chi connectivity index (χ1v) is 10.8. The maximum absolute atomic E-state index is 12.9. The van der Waals surface area contributed by atoms with Crippen LogP contribution in [-0.2, 0) is 16.1 Å². The second-order valence-electron chi connectivity index (χ2n) is 6.26. The van der Waals surface area contributed by atoms with Crippen LogP contribution in [0.15, 0.2) is 56.9 Å². The fourth-order valence-electron chi connectivity index (χ4n) is 2.81. The Morgan fingerprint density at radius 1 is 1.17 bits per heavy atom.